The van der Waals surface area contributed by atoms with Crippen LogP contribution in [-0.2, 0) is 22.4 Å². The highest BCUT2D eigenvalue weighted by Crippen LogP contribution is 2.09. The fourth-order valence-corrected chi connectivity index (χ4v) is 2.19. The standard InChI is InChI=1S/C20H20O2/c1-3-18-6-4-5-7-19(18)14-12-16-8-10-17(11-9-16)13-15-20(21)22-2/h4-11H,3,13,15H2,1-2H3. The van der Waals surface area contributed by atoms with E-state index in [1.807, 2.05) is 36.4 Å². The van der Waals surface area contributed by atoms with Gasteiger partial charge in [0.2, 0.25) is 0 Å². The van der Waals surface area contributed by atoms with Crippen molar-refractivity contribution >= 4 is 5.97 Å². The van der Waals surface area contributed by atoms with Gasteiger partial charge in [0.25, 0.3) is 0 Å². The maximum absolute atomic E-state index is 11.1. The van der Waals surface area contributed by atoms with Crippen molar-refractivity contribution in [2.24, 2.45) is 0 Å². The summed E-state index contributed by atoms with van der Waals surface area (Å²) in [5.74, 6) is 6.25. The first-order valence-electron chi connectivity index (χ1n) is 7.48. The third-order valence-electron chi connectivity index (χ3n) is 3.54. The number of carbonyl (C=O) groups is 1. The molecule has 2 aromatic carbocycles. The first-order chi connectivity index (χ1) is 10.7. The summed E-state index contributed by atoms with van der Waals surface area (Å²) < 4.78 is 4.64. The van der Waals surface area contributed by atoms with Gasteiger partial charge in [0.05, 0.1) is 7.11 Å². The zero-order chi connectivity index (χ0) is 15.8. The summed E-state index contributed by atoms with van der Waals surface area (Å²) in [6.45, 7) is 2.14. The number of methoxy groups -OCH3 is 1. The molecule has 0 N–H and O–H groups in total. The molecule has 2 aromatic rings. The van der Waals surface area contributed by atoms with Crippen LogP contribution in [0.2, 0.25) is 0 Å². The van der Waals surface area contributed by atoms with Crippen LogP contribution in [0.25, 0.3) is 0 Å². The molecule has 0 spiro atoms. The molecule has 0 saturated heterocycles. The SMILES string of the molecule is CCc1ccccc1C#Cc1ccc(CCC(=O)OC)cc1. The third kappa shape index (κ3) is 4.49. The molecular weight excluding hydrogens is 272 g/mol. The summed E-state index contributed by atoms with van der Waals surface area (Å²) in [4.78, 5) is 11.1. The van der Waals surface area contributed by atoms with Gasteiger partial charge in [-0.15, -0.1) is 0 Å². The molecular formula is C20H20O2. The maximum atomic E-state index is 11.1. The molecule has 2 nitrogen and oxygen atoms in total. The van der Waals surface area contributed by atoms with Crippen LogP contribution in [-0.4, -0.2) is 13.1 Å². The van der Waals surface area contributed by atoms with Crippen molar-refractivity contribution in [3.63, 3.8) is 0 Å². The maximum Gasteiger partial charge on any atom is 0.305 e. The molecule has 0 amide bonds. The smallest absolute Gasteiger partial charge is 0.305 e. The van der Waals surface area contributed by atoms with Gasteiger partial charge in [-0.2, -0.15) is 0 Å². The number of ether oxygens (including phenoxy) is 1. The second kappa shape index (κ2) is 8.05. The molecule has 0 atom stereocenters. The summed E-state index contributed by atoms with van der Waals surface area (Å²) in [7, 11) is 1.41. The van der Waals surface area contributed by atoms with E-state index in [0.29, 0.717) is 12.8 Å². The summed E-state index contributed by atoms with van der Waals surface area (Å²) in [6.07, 6.45) is 2.09. The number of hydrogen-bond donors (Lipinski definition) is 0. The molecule has 0 aliphatic carbocycles. The molecule has 112 valence electrons. The Kier molecular flexibility index (Phi) is 5.80. The second-order valence-corrected chi connectivity index (χ2v) is 5.03. The van der Waals surface area contributed by atoms with Gasteiger partial charge in [-0.1, -0.05) is 49.1 Å². The van der Waals surface area contributed by atoms with E-state index in [2.05, 4.69) is 35.6 Å². The largest absolute Gasteiger partial charge is 0.469 e. The fourth-order valence-electron chi connectivity index (χ4n) is 2.19. The normalized spacial score (nSPS) is 9.73. The van der Waals surface area contributed by atoms with Crippen molar-refractivity contribution in [1.82, 2.24) is 0 Å². The van der Waals surface area contributed by atoms with Gasteiger partial charge in [0, 0.05) is 17.5 Å². The lowest BCUT2D eigenvalue weighted by molar-refractivity contribution is -0.140. The first kappa shape index (κ1) is 15.9. The van der Waals surface area contributed by atoms with Gasteiger partial charge in [-0.05, 0) is 42.2 Å². The average molecular weight is 292 g/mol. The molecule has 0 aliphatic heterocycles. The van der Waals surface area contributed by atoms with Crippen molar-refractivity contribution in [2.45, 2.75) is 26.2 Å². The highest BCUT2D eigenvalue weighted by atomic mass is 16.5. The van der Waals surface area contributed by atoms with E-state index >= 15 is 0 Å². The molecule has 22 heavy (non-hydrogen) atoms. The first-order valence-corrected chi connectivity index (χ1v) is 7.48. The molecule has 0 aromatic heterocycles. The van der Waals surface area contributed by atoms with E-state index in [0.717, 1.165) is 23.1 Å². The van der Waals surface area contributed by atoms with Gasteiger partial charge in [-0.3, -0.25) is 4.79 Å². The molecule has 0 bridgehead atoms. The number of aryl methyl sites for hydroxylation is 2. The van der Waals surface area contributed by atoms with Crippen molar-refractivity contribution in [2.75, 3.05) is 7.11 Å². The number of esters is 1. The minimum atomic E-state index is -0.181. The van der Waals surface area contributed by atoms with Gasteiger partial charge in [0.15, 0.2) is 0 Å². The number of rotatable bonds is 4. The molecule has 0 heterocycles. The van der Waals surface area contributed by atoms with Crippen LogP contribution in [0, 0.1) is 11.8 Å². The molecule has 2 heteroatoms. The van der Waals surface area contributed by atoms with E-state index < -0.39 is 0 Å². The van der Waals surface area contributed by atoms with Crippen LogP contribution in [0.3, 0.4) is 0 Å². The molecule has 0 unspecified atom stereocenters. The third-order valence-corrected chi connectivity index (χ3v) is 3.54. The van der Waals surface area contributed by atoms with Gasteiger partial charge in [0.1, 0.15) is 0 Å². The van der Waals surface area contributed by atoms with Crippen molar-refractivity contribution < 1.29 is 9.53 Å². The monoisotopic (exact) mass is 292 g/mol. The van der Waals surface area contributed by atoms with Crippen LogP contribution in [0.5, 0.6) is 0 Å². The predicted octanol–water partition coefficient (Wildman–Crippen LogP) is 3.75. The zero-order valence-electron chi connectivity index (χ0n) is 13.1. The van der Waals surface area contributed by atoms with Crippen molar-refractivity contribution in [3.8, 4) is 11.8 Å². The van der Waals surface area contributed by atoms with E-state index in [1.54, 1.807) is 0 Å². The van der Waals surface area contributed by atoms with E-state index in [-0.39, 0.29) is 5.97 Å². The summed E-state index contributed by atoms with van der Waals surface area (Å²) in [5.41, 5.74) is 4.45. The van der Waals surface area contributed by atoms with Gasteiger partial charge < -0.3 is 4.74 Å². The zero-order valence-corrected chi connectivity index (χ0v) is 13.1. The Morgan fingerprint density at radius 3 is 2.45 bits per heavy atom. The lowest BCUT2D eigenvalue weighted by Crippen LogP contribution is -2.01. The number of benzene rings is 2. The molecule has 0 aliphatic rings. The van der Waals surface area contributed by atoms with Gasteiger partial charge >= 0.3 is 5.97 Å². The van der Waals surface area contributed by atoms with Crippen LogP contribution in [0.4, 0.5) is 0 Å². The lowest BCUT2D eigenvalue weighted by atomic mass is 10.0. The van der Waals surface area contributed by atoms with E-state index in [9.17, 15) is 4.79 Å². The Hall–Kier alpha value is -2.53. The Morgan fingerprint density at radius 2 is 1.77 bits per heavy atom. The van der Waals surface area contributed by atoms with Crippen LogP contribution < -0.4 is 0 Å². The van der Waals surface area contributed by atoms with Crippen molar-refractivity contribution in [3.05, 3.63) is 70.8 Å². The minimum absolute atomic E-state index is 0.181. The summed E-state index contributed by atoms with van der Waals surface area (Å²) in [5, 5.41) is 0. The Morgan fingerprint density at radius 1 is 1.05 bits per heavy atom. The van der Waals surface area contributed by atoms with Crippen LogP contribution >= 0.6 is 0 Å². The molecule has 0 saturated carbocycles. The molecule has 2 rings (SSSR count). The van der Waals surface area contributed by atoms with E-state index in [1.165, 1.54) is 12.7 Å². The number of carbonyl (C=O) groups excluding carboxylic acids is 1. The molecule has 0 fully saturated rings. The van der Waals surface area contributed by atoms with Crippen molar-refractivity contribution in [1.29, 1.82) is 0 Å². The Balaban J connectivity index is 2.06. The minimum Gasteiger partial charge on any atom is -0.469 e. The van der Waals surface area contributed by atoms with E-state index in [4.69, 9.17) is 0 Å². The van der Waals surface area contributed by atoms with Crippen LogP contribution in [0.1, 0.15) is 35.6 Å². The summed E-state index contributed by atoms with van der Waals surface area (Å²) >= 11 is 0. The topological polar surface area (TPSA) is 26.3 Å². The number of hydrogen-bond acceptors (Lipinski definition) is 2. The Labute approximate surface area is 132 Å². The summed E-state index contributed by atoms with van der Waals surface area (Å²) in [6, 6.07) is 16.2. The van der Waals surface area contributed by atoms with Gasteiger partial charge in [-0.25, -0.2) is 0 Å². The quantitative estimate of drug-likeness (QED) is 0.633. The highest BCUT2D eigenvalue weighted by Gasteiger charge is 2.01. The fraction of sp³-hybridized carbons (Fsp3) is 0.250. The highest BCUT2D eigenvalue weighted by molar-refractivity contribution is 5.69. The average Bonchev–Trinajstić information content (AvgIpc) is 2.58. The second-order valence-electron chi connectivity index (χ2n) is 5.03. The lowest BCUT2D eigenvalue weighted by Gasteiger charge is -2.01. The Bertz CT molecular complexity index is 688. The molecule has 0 radical (unpaired) electrons. The van der Waals surface area contributed by atoms with Crippen LogP contribution in [0.15, 0.2) is 48.5 Å². The predicted molar refractivity (Wildman–Crippen MR) is 88.6 cm³/mol.